The van der Waals surface area contributed by atoms with Crippen LogP contribution in [-0.4, -0.2) is 13.1 Å². The molecule has 1 unspecified atom stereocenters. The van der Waals surface area contributed by atoms with Crippen LogP contribution in [0.1, 0.15) is 33.2 Å². The third kappa shape index (κ3) is 2.85. The topological polar surface area (TPSA) is 12.0 Å². The molecule has 1 atom stereocenters. The molecule has 0 bridgehead atoms. The third-order valence-electron chi connectivity index (χ3n) is 2.33. The minimum Gasteiger partial charge on any atom is -0.316 e. The molecule has 1 aliphatic heterocycles. The Bertz CT molecular complexity index is 217. The largest absolute Gasteiger partial charge is 0.316 e. The maximum Gasteiger partial charge on any atom is 0.00206 e. The van der Waals surface area contributed by atoms with Gasteiger partial charge in [-0.2, -0.15) is 0 Å². The zero-order valence-electron chi connectivity index (χ0n) is 8.59. The molecule has 1 heterocycles. The summed E-state index contributed by atoms with van der Waals surface area (Å²) in [5, 5.41) is 3.37. The van der Waals surface area contributed by atoms with E-state index in [9.17, 15) is 0 Å². The highest BCUT2D eigenvalue weighted by molar-refractivity contribution is 5.20. The Kier molecular flexibility index (Phi) is 4.55. The van der Waals surface area contributed by atoms with Gasteiger partial charge in [0.25, 0.3) is 0 Å². The van der Waals surface area contributed by atoms with E-state index in [1.807, 2.05) is 13.8 Å². The monoisotopic (exact) mass is 179 g/mol. The molecule has 1 nitrogen and oxygen atoms in total. The van der Waals surface area contributed by atoms with Crippen LogP contribution in [0.3, 0.4) is 0 Å². The summed E-state index contributed by atoms with van der Waals surface area (Å²) >= 11 is 0. The zero-order valence-corrected chi connectivity index (χ0v) is 8.59. The molecular formula is C12H21N. The summed E-state index contributed by atoms with van der Waals surface area (Å²) < 4.78 is 0. The molecule has 1 aliphatic rings. The molecule has 1 saturated heterocycles. The van der Waals surface area contributed by atoms with Crippen molar-refractivity contribution in [2.75, 3.05) is 13.1 Å². The second-order valence-electron chi connectivity index (χ2n) is 3.10. The van der Waals surface area contributed by atoms with Crippen LogP contribution in [0.2, 0.25) is 0 Å². The highest BCUT2D eigenvalue weighted by Crippen LogP contribution is 2.21. The Hall–Kier alpha value is -0.820. The molecule has 1 fully saturated rings. The second-order valence-corrected chi connectivity index (χ2v) is 3.10. The predicted molar refractivity (Wildman–Crippen MR) is 60.1 cm³/mol. The summed E-state index contributed by atoms with van der Waals surface area (Å²) in [7, 11) is 0. The molecule has 2 rings (SSSR count). The van der Waals surface area contributed by atoms with E-state index in [1.54, 1.807) is 0 Å². The van der Waals surface area contributed by atoms with Crippen molar-refractivity contribution in [3.05, 3.63) is 35.9 Å². The van der Waals surface area contributed by atoms with Crippen LogP contribution >= 0.6 is 0 Å². The number of benzene rings is 1. The van der Waals surface area contributed by atoms with Gasteiger partial charge < -0.3 is 5.32 Å². The molecule has 0 saturated carbocycles. The SMILES string of the molecule is CC.[HH].c1ccc(C2CCNC2)cc1. The van der Waals surface area contributed by atoms with Gasteiger partial charge in [-0.3, -0.25) is 0 Å². The molecule has 0 spiro atoms. The van der Waals surface area contributed by atoms with Crippen LogP contribution in [0.25, 0.3) is 0 Å². The van der Waals surface area contributed by atoms with Gasteiger partial charge >= 0.3 is 0 Å². The molecule has 0 radical (unpaired) electrons. The maximum absolute atomic E-state index is 3.37. The number of nitrogens with one attached hydrogen (secondary N) is 1. The summed E-state index contributed by atoms with van der Waals surface area (Å²) in [6.45, 7) is 6.34. The fourth-order valence-corrected chi connectivity index (χ4v) is 1.66. The molecule has 74 valence electrons. The van der Waals surface area contributed by atoms with Gasteiger partial charge in [0.1, 0.15) is 0 Å². The minimum absolute atomic E-state index is 0. The number of hydrogen-bond acceptors (Lipinski definition) is 1. The first kappa shape index (κ1) is 10.3. The Morgan fingerprint density at radius 1 is 1.23 bits per heavy atom. The molecule has 1 aromatic carbocycles. The van der Waals surface area contributed by atoms with E-state index >= 15 is 0 Å². The summed E-state index contributed by atoms with van der Waals surface area (Å²) in [4.78, 5) is 0. The van der Waals surface area contributed by atoms with Gasteiger partial charge in [-0.1, -0.05) is 44.2 Å². The fourth-order valence-electron chi connectivity index (χ4n) is 1.66. The molecular weight excluding hydrogens is 158 g/mol. The minimum atomic E-state index is 0. The van der Waals surface area contributed by atoms with Crippen LogP contribution in [0.4, 0.5) is 0 Å². The van der Waals surface area contributed by atoms with Gasteiger partial charge in [-0.25, -0.2) is 0 Å². The predicted octanol–water partition coefficient (Wildman–Crippen LogP) is 3.04. The first-order chi connectivity index (χ1) is 6.47. The van der Waals surface area contributed by atoms with E-state index < -0.39 is 0 Å². The standard InChI is InChI=1S/C10H13N.C2H6.H2/c1-2-4-9(5-3-1)10-6-7-11-8-10;1-2;/h1-5,10-11H,6-8H2;1-2H3;1H. The van der Waals surface area contributed by atoms with E-state index in [4.69, 9.17) is 0 Å². The van der Waals surface area contributed by atoms with Crippen LogP contribution in [0.5, 0.6) is 0 Å². The van der Waals surface area contributed by atoms with Gasteiger partial charge in [0.05, 0.1) is 0 Å². The van der Waals surface area contributed by atoms with Crippen LogP contribution in [-0.2, 0) is 0 Å². The van der Waals surface area contributed by atoms with E-state index in [-0.39, 0.29) is 1.43 Å². The smallest absolute Gasteiger partial charge is 0.00206 e. The second kappa shape index (κ2) is 5.76. The van der Waals surface area contributed by atoms with E-state index in [2.05, 4.69) is 35.6 Å². The Morgan fingerprint density at radius 2 is 1.92 bits per heavy atom. The lowest BCUT2D eigenvalue weighted by Crippen LogP contribution is -2.07. The quantitative estimate of drug-likeness (QED) is 0.698. The first-order valence-corrected chi connectivity index (χ1v) is 5.22. The number of rotatable bonds is 1. The van der Waals surface area contributed by atoms with Crippen molar-refractivity contribution in [3.63, 3.8) is 0 Å². The van der Waals surface area contributed by atoms with Crippen LogP contribution in [0.15, 0.2) is 30.3 Å². The average molecular weight is 179 g/mol. The van der Waals surface area contributed by atoms with Gasteiger partial charge in [-0.15, -0.1) is 0 Å². The van der Waals surface area contributed by atoms with E-state index in [0.29, 0.717) is 0 Å². The van der Waals surface area contributed by atoms with Crippen molar-refractivity contribution in [2.45, 2.75) is 26.2 Å². The lowest BCUT2D eigenvalue weighted by molar-refractivity contribution is 0.763. The van der Waals surface area contributed by atoms with Crippen molar-refractivity contribution in [3.8, 4) is 0 Å². The summed E-state index contributed by atoms with van der Waals surface area (Å²) in [6, 6.07) is 10.8. The summed E-state index contributed by atoms with van der Waals surface area (Å²) in [5.41, 5.74) is 1.48. The molecule has 0 aromatic heterocycles. The van der Waals surface area contributed by atoms with E-state index in [0.717, 1.165) is 12.5 Å². The molecule has 13 heavy (non-hydrogen) atoms. The number of hydrogen-bond donors (Lipinski definition) is 1. The highest BCUT2D eigenvalue weighted by atomic mass is 14.9. The lowest BCUT2D eigenvalue weighted by Gasteiger charge is -2.06. The van der Waals surface area contributed by atoms with Crippen molar-refractivity contribution < 1.29 is 1.43 Å². The Morgan fingerprint density at radius 3 is 2.46 bits per heavy atom. The normalized spacial score (nSPS) is 20.6. The van der Waals surface area contributed by atoms with Crippen molar-refractivity contribution in [1.82, 2.24) is 5.32 Å². The molecule has 0 amide bonds. The van der Waals surface area contributed by atoms with Gasteiger partial charge in [0.15, 0.2) is 0 Å². The van der Waals surface area contributed by atoms with Crippen molar-refractivity contribution in [1.29, 1.82) is 0 Å². The van der Waals surface area contributed by atoms with Crippen LogP contribution in [0, 0.1) is 0 Å². The third-order valence-corrected chi connectivity index (χ3v) is 2.33. The van der Waals surface area contributed by atoms with Gasteiger partial charge in [-0.05, 0) is 24.4 Å². The lowest BCUT2D eigenvalue weighted by atomic mass is 9.99. The molecule has 1 N–H and O–H groups in total. The fraction of sp³-hybridized carbons (Fsp3) is 0.500. The molecule has 1 aromatic rings. The maximum atomic E-state index is 3.37. The summed E-state index contributed by atoms with van der Waals surface area (Å²) in [6.07, 6.45) is 1.30. The average Bonchev–Trinajstić information content (AvgIpc) is 2.75. The Labute approximate surface area is 82.7 Å². The van der Waals surface area contributed by atoms with Crippen molar-refractivity contribution >= 4 is 0 Å². The summed E-state index contributed by atoms with van der Waals surface area (Å²) in [5.74, 6) is 0.760. The molecule has 0 aliphatic carbocycles. The van der Waals surface area contributed by atoms with Gasteiger partial charge in [0, 0.05) is 7.97 Å². The Balaban J connectivity index is 0.000000531. The first-order valence-electron chi connectivity index (χ1n) is 5.22. The van der Waals surface area contributed by atoms with Crippen LogP contribution < -0.4 is 5.32 Å². The molecule has 1 heteroatoms. The zero-order chi connectivity index (χ0) is 9.52. The van der Waals surface area contributed by atoms with Gasteiger partial charge in [0.2, 0.25) is 0 Å². The van der Waals surface area contributed by atoms with Crippen molar-refractivity contribution in [2.24, 2.45) is 0 Å². The van der Waals surface area contributed by atoms with E-state index in [1.165, 1.54) is 18.5 Å². The highest BCUT2D eigenvalue weighted by Gasteiger charge is 2.15.